The van der Waals surface area contributed by atoms with E-state index < -0.39 is 12.0 Å². The number of carbonyl (C=O) groups is 1. The van der Waals surface area contributed by atoms with Gasteiger partial charge >= 0.3 is 5.97 Å². The van der Waals surface area contributed by atoms with Crippen LogP contribution >= 0.6 is 0 Å². The van der Waals surface area contributed by atoms with Crippen LogP contribution in [-0.2, 0) is 4.79 Å². The van der Waals surface area contributed by atoms with Crippen LogP contribution in [0.4, 0.5) is 5.69 Å². The molecule has 6 heteroatoms. The van der Waals surface area contributed by atoms with Crippen molar-refractivity contribution in [1.82, 2.24) is 10.2 Å². The van der Waals surface area contributed by atoms with Crippen LogP contribution in [0.25, 0.3) is 11.3 Å². The van der Waals surface area contributed by atoms with Gasteiger partial charge in [0, 0.05) is 11.8 Å². The van der Waals surface area contributed by atoms with Gasteiger partial charge < -0.3 is 10.4 Å². The van der Waals surface area contributed by atoms with Gasteiger partial charge in [-0.1, -0.05) is 12.1 Å². The van der Waals surface area contributed by atoms with Crippen LogP contribution in [0.15, 0.2) is 35.1 Å². The van der Waals surface area contributed by atoms with Crippen molar-refractivity contribution in [2.45, 2.75) is 13.0 Å². The summed E-state index contributed by atoms with van der Waals surface area (Å²) in [6.07, 6.45) is 0. The summed E-state index contributed by atoms with van der Waals surface area (Å²) in [7, 11) is 0. The molecule has 94 valence electrons. The van der Waals surface area contributed by atoms with E-state index in [2.05, 4.69) is 15.5 Å². The highest BCUT2D eigenvalue weighted by Crippen LogP contribution is 2.18. The highest BCUT2D eigenvalue weighted by Gasteiger charge is 2.09. The van der Waals surface area contributed by atoms with Crippen molar-refractivity contribution in [3.05, 3.63) is 40.7 Å². The molecule has 0 saturated carbocycles. The van der Waals surface area contributed by atoms with E-state index in [1.54, 1.807) is 31.2 Å². The molecule has 18 heavy (non-hydrogen) atoms. The van der Waals surface area contributed by atoms with Crippen molar-refractivity contribution in [2.75, 3.05) is 5.32 Å². The summed E-state index contributed by atoms with van der Waals surface area (Å²) < 4.78 is 0. The fourth-order valence-electron chi connectivity index (χ4n) is 1.55. The highest BCUT2D eigenvalue weighted by atomic mass is 16.4. The zero-order chi connectivity index (χ0) is 13.1. The summed E-state index contributed by atoms with van der Waals surface area (Å²) >= 11 is 0. The second-order valence-corrected chi connectivity index (χ2v) is 3.95. The predicted molar refractivity (Wildman–Crippen MR) is 67.6 cm³/mol. The number of H-pyrrole nitrogens is 2. The van der Waals surface area contributed by atoms with Gasteiger partial charge in [0.05, 0.1) is 5.69 Å². The third-order valence-electron chi connectivity index (χ3n) is 2.55. The van der Waals surface area contributed by atoms with E-state index in [9.17, 15) is 9.59 Å². The van der Waals surface area contributed by atoms with Crippen molar-refractivity contribution in [1.29, 1.82) is 0 Å². The molecule has 0 saturated heterocycles. The lowest BCUT2D eigenvalue weighted by molar-refractivity contribution is -0.137. The summed E-state index contributed by atoms with van der Waals surface area (Å²) in [5.41, 5.74) is 2.07. The van der Waals surface area contributed by atoms with Crippen molar-refractivity contribution >= 4 is 11.7 Å². The lowest BCUT2D eigenvalue weighted by atomic mass is 10.1. The van der Waals surface area contributed by atoms with E-state index in [1.807, 2.05) is 0 Å². The summed E-state index contributed by atoms with van der Waals surface area (Å²) in [4.78, 5) is 21.7. The number of anilines is 1. The van der Waals surface area contributed by atoms with Gasteiger partial charge in [-0.3, -0.25) is 19.8 Å². The lowest BCUT2D eigenvalue weighted by Crippen LogP contribution is -2.25. The molecule has 0 bridgehead atoms. The molecule has 1 heterocycles. The maximum atomic E-state index is 11.0. The molecule has 0 radical (unpaired) electrons. The third kappa shape index (κ3) is 2.60. The molecule has 2 aromatic rings. The Morgan fingerprint density at radius 1 is 1.28 bits per heavy atom. The summed E-state index contributed by atoms with van der Waals surface area (Å²) in [5.74, 6) is -0.908. The van der Waals surface area contributed by atoms with Gasteiger partial charge in [0.1, 0.15) is 6.04 Å². The number of aliphatic carboxylic acids is 1. The number of rotatable bonds is 4. The molecular formula is C12H13N3O3. The van der Waals surface area contributed by atoms with E-state index in [1.165, 1.54) is 6.07 Å². The Balaban J connectivity index is 2.15. The van der Waals surface area contributed by atoms with E-state index in [-0.39, 0.29) is 5.56 Å². The first-order chi connectivity index (χ1) is 8.56. The topological polar surface area (TPSA) is 98.0 Å². The smallest absolute Gasteiger partial charge is 0.325 e. The molecule has 2 rings (SSSR count). The Bertz CT molecular complexity index is 598. The van der Waals surface area contributed by atoms with Gasteiger partial charge in [-0.15, -0.1) is 0 Å². The Hall–Kier alpha value is -2.50. The molecule has 0 aliphatic rings. The third-order valence-corrected chi connectivity index (χ3v) is 2.55. The minimum atomic E-state index is -0.908. The number of benzene rings is 1. The van der Waals surface area contributed by atoms with Crippen LogP contribution in [0.3, 0.4) is 0 Å². The minimum Gasteiger partial charge on any atom is -0.480 e. The molecule has 4 N–H and O–H groups in total. The maximum Gasteiger partial charge on any atom is 0.325 e. The highest BCUT2D eigenvalue weighted by molar-refractivity contribution is 5.77. The zero-order valence-corrected chi connectivity index (χ0v) is 9.73. The molecule has 0 amide bonds. The quantitative estimate of drug-likeness (QED) is 0.653. The van der Waals surface area contributed by atoms with E-state index in [4.69, 9.17) is 5.11 Å². The minimum absolute atomic E-state index is 0.188. The number of carboxylic acids is 1. The number of carboxylic acid groups (broad SMARTS) is 1. The Morgan fingerprint density at radius 3 is 2.44 bits per heavy atom. The van der Waals surface area contributed by atoms with Crippen LogP contribution in [0.5, 0.6) is 0 Å². The van der Waals surface area contributed by atoms with E-state index in [0.717, 1.165) is 5.56 Å². The predicted octanol–water partition coefficient (Wildman–Crippen LogP) is 1.25. The van der Waals surface area contributed by atoms with Gasteiger partial charge in [0.15, 0.2) is 0 Å². The Labute approximate surface area is 103 Å². The van der Waals surface area contributed by atoms with Gasteiger partial charge in [-0.2, -0.15) is 0 Å². The first-order valence-electron chi connectivity index (χ1n) is 5.44. The molecule has 1 aromatic heterocycles. The van der Waals surface area contributed by atoms with E-state index in [0.29, 0.717) is 11.4 Å². The largest absolute Gasteiger partial charge is 0.480 e. The normalized spacial score (nSPS) is 12.1. The number of aromatic amines is 2. The summed E-state index contributed by atoms with van der Waals surface area (Å²) in [5, 5.41) is 16.8. The Kier molecular flexibility index (Phi) is 3.18. The average Bonchev–Trinajstić information content (AvgIpc) is 2.76. The van der Waals surface area contributed by atoms with Gasteiger partial charge in [0.25, 0.3) is 5.56 Å². The SMILES string of the molecule is CC(Nc1ccc(-c2cc(=O)[nH][nH]2)cc1)C(=O)O. The monoisotopic (exact) mass is 247 g/mol. The van der Waals surface area contributed by atoms with Crippen LogP contribution in [0.1, 0.15) is 6.92 Å². The van der Waals surface area contributed by atoms with Crippen molar-refractivity contribution in [3.8, 4) is 11.3 Å². The maximum absolute atomic E-state index is 11.0. The standard InChI is InChI=1S/C12H13N3O3/c1-7(12(17)18)13-9-4-2-8(3-5-9)10-6-11(16)15-14-10/h2-7,13H,1H3,(H,17,18)(H2,14,15,16). The summed E-state index contributed by atoms with van der Waals surface area (Å²) in [6, 6.07) is 7.94. The number of hydrogen-bond donors (Lipinski definition) is 4. The number of hydrogen-bond acceptors (Lipinski definition) is 3. The van der Waals surface area contributed by atoms with Gasteiger partial charge in [0.2, 0.25) is 0 Å². The molecule has 0 fully saturated rings. The second-order valence-electron chi connectivity index (χ2n) is 3.95. The van der Waals surface area contributed by atoms with Crippen molar-refractivity contribution in [2.24, 2.45) is 0 Å². The molecule has 1 unspecified atom stereocenters. The zero-order valence-electron chi connectivity index (χ0n) is 9.73. The van der Waals surface area contributed by atoms with Crippen LogP contribution < -0.4 is 10.9 Å². The first kappa shape index (κ1) is 12.0. The molecule has 1 atom stereocenters. The van der Waals surface area contributed by atoms with Crippen LogP contribution in [-0.4, -0.2) is 27.3 Å². The summed E-state index contributed by atoms with van der Waals surface area (Å²) in [6.45, 7) is 1.57. The Morgan fingerprint density at radius 2 is 1.94 bits per heavy atom. The van der Waals surface area contributed by atoms with Crippen LogP contribution in [0, 0.1) is 0 Å². The first-order valence-corrected chi connectivity index (χ1v) is 5.44. The van der Waals surface area contributed by atoms with Gasteiger partial charge in [-0.25, -0.2) is 0 Å². The molecule has 6 nitrogen and oxygen atoms in total. The molecule has 0 aliphatic heterocycles. The van der Waals surface area contributed by atoms with Gasteiger partial charge in [-0.05, 0) is 24.6 Å². The molecule has 0 spiro atoms. The van der Waals surface area contributed by atoms with Crippen molar-refractivity contribution in [3.63, 3.8) is 0 Å². The molecule has 1 aromatic carbocycles. The average molecular weight is 247 g/mol. The van der Waals surface area contributed by atoms with Crippen LogP contribution in [0.2, 0.25) is 0 Å². The second kappa shape index (κ2) is 4.79. The molecular weight excluding hydrogens is 234 g/mol. The van der Waals surface area contributed by atoms with Crippen molar-refractivity contribution < 1.29 is 9.90 Å². The van der Waals surface area contributed by atoms with E-state index >= 15 is 0 Å². The fourth-order valence-corrected chi connectivity index (χ4v) is 1.55. The number of aromatic nitrogens is 2. The lowest BCUT2D eigenvalue weighted by Gasteiger charge is -2.10. The fraction of sp³-hybridized carbons (Fsp3) is 0.167. The number of nitrogens with one attached hydrogen (secondary N) is 3. The molecule has 0 aliphatic carbocycles.